The van der Waals surface area contributed by atoms with Crippen molar-refractivity contribution in [3.63, 3.8) is 0 Å². The van der Waals surface area contributed by atoms with Crippen molar-refractivity contribution in [2.24, 2.45) is 0 Å². The Labute approximate surface area is 167 Å². The molecule has 7 heteroatoms. The Morgan fingerprint density at radius 1 is 0.964 bits per heavy atom. The van der Waals surface area contributed by atoms with Gasteiger partial charge in [-0.2, -0.15) is 0 Å². The average molecular weight is 400 g/mol. The lowest BCUT2D eigenvalue weighted by Gasteiger charge is -2.12. The number of methoxy groups -OCH3 is 2. The third-order valence-electron chi connectivity index (χ3n) is 4.13. The summed E-state index contributed by atoms with van der Waals surface area (Å²) in [6, 6.07) is 13.3. The summed E-state index contributed by atoms with van der Waals surface area (Å²) >= 11 is 6.20. The van der Waals surface area contributed by atoms with Crippen LogP contribution in [0, 0.1) is 0 Å². The molecule has 0 saturated heterocycles. The summed E-state index contributed by atoms with van der Waals surface area (Å²) in [5, 5.41) is 3.00. The fraction of sp³-hybridized carbons (Fsp3) is 0.143. The number of carbonyl (C=O) groups excluding carboxylic acids is 2. The molecule has 1 N–H and O–H groups in total. The predicted molar refractivity (Wildman–Crippen MR) is 107 cm³/mol. The lowest BCUT2D eigenvalue weighted by atomic mass is 10.1. The lowest BCUT2D eigenvalue weighted by molar-refractivity contribution is 0.0994. The zero-order valence-electron chi connectivity index (χ0n) is 15.5. The molecule has 2 aromatic carbocycles. The van der Waals surface area contributed by atoms with E-state index in [1.165, 1.54) is 21.1 Å². The quantitative estimate of drug-likeness (QED) is 0.585. The number of carbonyl (C=O) groups is 2. The zero-order valence-corrected chi connectivity index (χ0v) is 16.3. The van der Waals surface area contributed by atoms with Gasteiger partial charge in [0.25, 0.3) is 5.91 Å². The number of hydrogen-bond donors (Lipinski definition) is 1. The van der Waals surface area contributed by atoms with E-state index in [0.717, 1.165) is 5.56 Å². The van der Waals surface area contributed by atoms with E-state index in [1.807, 2.05) is 0 Å². The van der Waals surface area contributed by atoms with Crippen LogP contribution in [-0.2, 0) is 0 Å². The van der Waals surface area contributed by atoms with Crippen molar-refractivity contribution in [3.05, 3.63) is 64.9 Å². The summed E-state index contributed by atoms with van der Waals surface area (Å²) in [6.45, 7) is 1.50. The fourth-order valence-electron chi connectivity index (χ4n) is 2.62. The molecular weight excluding hydrogens is 382 g/mol. The Hall–Kier alpha value is -3.25. The number of hydrogen-bond acceptors (Lipinski definition) is 5. The molecule has 28 heavy (non-hydrogen) atoms. The maximum Gasteiger partial charge on any atom is 0.291 e. The third-order valence-corrected chi connectivity index (χ3v) is 4.44. The molecule has 1 amide bonds. The molecule has 1 heterocycles. The molecule has 0 aliphatic heterocycles. The average Bonchev–Trinajstić information content (AvgIpc) is 3.19. The standard InChI is InChI=1S/C21H18ClNO5/c1-12(24)13-4-6-14(7-5-13)17-8-9-18(28-17)21(25)23-16-11-20(27-3)19(26-2)10-15(16)22/h4-11H,1-3H3,(H,23,25). The minimum absolute atomic E-state index is 0.0159. The van der Waals surface area contributed by atoms with Crippen LogP contribution in [0.3, 0.4) is 0 Å². The van der Waals surface area contributed by atoms with Gasteiger partial charge >= 0.3 is 0 Å². The van der Waals surface area contributed by atoms with E-state index in [2.05, 4.69) is 5.32 Å². The van der Waals surface area contributed by atoms with Gasteiger partial charge in [0.2, 0.25) is 0 Å². The summed E-state index contributed by atoms with van der Waals surface area (Å²) in [4.78, 5) is 23.9. The summed E-state index contributed by atoms with van der Waals surface area (Å²) in [6.07, 6.45) is 0. The third kappa shape index (κ3) is 4.02. The van der Waals surface area contributed by atoms with Crippen molar-refractivity contribution < 1.29 is 23.5 Å². The van der Waals surface area contributed by atoms with Gasteiger partial charge in [0.15, 0.2) is 23.0 Å². The molecule has 6 nitrogen and oxygen atoms in total. The first-order valence-electron chi connectivity index (χ1n) is 8.37. The highest BCUT2D eigenvalue weighted by atomic mass is 35.5. The molecule has 0 aliphatic carbocycles. The second-order valence-corrected chi connectivity index (χ2v) is 6.35. The van der Waals surface area contributed by atoms with Gasteiger partial charge in [-0.05, 0) is 19.1 Å². The van der Waals surface area contributed by atoms with Gasteiger partial charge in [-0.1, -0.05) is 35.9 Å². The number of benzene rings is 2. The number of amides is 1. The minimum Gasteiger partial charge on any atom is -0.493 e. The Morgan fingerprint density at radius 2 is 1.61 bits per heavy atom. The topological polar surface area (TPSA) is 77.8 Å². The second kappa shape index (κ2) is 8.19. The molecule has 3 rings (SSSR count). The van der Waals surface area contributed by atoms with Crippen LogP contribution in [0.25, 0.3) is 11.3 Å². The van der Waals surface area contributed by atoms with Crippen molar-refractivity contribution in [2.45, 2.75) is 6.92 Å². The summed E-state index contributed by atoms with van der Waals surface area (Å²) in [5.41, 5.74) is 1.73. The van der Waals surface area contributed by atoms with Crippen LogP contribution in [-0.4, -0.2) is 25.9 Å². The molecular formula is C21H18ClNO5. The first kappa shape index (κ1) is 19.5. The molecule has 0 spiro atoms. The van der Waals surface area contributed by atoms with Crippen molar-refractivity contribution in [3.8, 4) is 22.8 Å². The number of ketones is 1. The molecule has 0 saturated carbocycles. The molecule has 0 atom stereocenters. The van der Waals surface area contributed by atoms with E-state index in [4.69, 9.17) is 25.5 Å². The van der Waals surface area contributed by atoms with Crippen LogP contribution in [0.15, 0.2) is 52.9 Å². The second-order valence-electron chi connectivity index (χ2n) is 5.94. The van der Waals surface area contributed by atoms with Crippen LogP contribution in [0.5, 0.6) is 11.5 Å². The Balaban J connectivity index is 1.80. The van der Waals surface area contributed by atoms with Gasteiger partial charge in [-0.25, -0.2) is 0 Å². The van der Waals surface area contributed by atoms with E-state index in [9.17, 15) is 9.59 Å². The molecule has 1 aromatic heterocycles. The first-order valence-corrected chi connectivity index (χ1v) is 8.74. The number of Topliss-reactive ketones (excluding diaryl/α,β-unsaturated/α-hetero) is 1. The van der Waals surface area contributed by atoms with E-state index < -0.39 is 5.91 Å². The van der Waals surface area contributed by atoms with Crippen LogP contribution >= 0.6 is 11.6 Å². The van der Waals surface area contributed by atoms with Gasteiger partial charge in [0, 0.05) is 23.3 Å². The van der Waals surface area contributed by atoms with E-state index in [-0.39, 0.29) is 11.5 Å². The number of anilines is 1. The molecule has 0 fully saturated rings. The maximum atomic E-state index is 12.5. The van der Waals surface area contributed by atoms with Crippen LogP contribution in [0.2, 0.25) is 5.02 Å². The highest BCUT2D eigenvalue weighted by Crippen LogP contribution is 2.36. The first-order chi connectivity index (χ1) is 13.4. The Bertz CT molecular complexity index is 1020. The summed E-state index contributed by atoms with van der Waals surface area (Å²) in [7, 11) is 2.99. The van der Waals surface area contributed by atoms with Crippen molar-refractivity contribution >= 4 is 29.0 Å². The van der Waals surface area contributed by atoms with E-state index in [0.29, 0.717) is 33.5 Å². The highest BCUT2D eigenvalue weighted by Gasteiger charge is 2.16. The monoisotopic (exact) mass is 399 g/mol. The Morgan fingerprint density at radius 3 is 2.21 bits per heavy atom. The molecule has 0 aliphatic rings. The molecule has 0 radical (unpaired) electrons. The SMILES string of the molecule is COc1cc(Cl)c(NC(=O)c2ccc(-c3ccc(C(C)=O)cc3)o2)cc1OC. The predicted octanol–water partition coefficient (Wildman–Crippen LogP) is 5.07. The number of ether oxygens (including phenoxy) is 2. The number of furan rings is 1. The van der Waals surface area contributed by atoms with Crippen molar-refractivity contribution in [1.82, 2.24) is 0 Å². The highest BCUT2D eigenvalue weighted by molar-refractivity contribution is 6.34. The normalized spacial score (nSPS) is 10.4. The van der Waals surface area contributed by atoms with Crippen molar-refractivity contribution in [1.29, 1.82) is 0 Å². The van der Waals surface area contributed by atoms with Gasteiger partial charge < -0.3 is 19.2 Å². The minimum atomic E-state index is -0.458. The summed E-state index contributed by atoms with van der Waals surface area (Å²) in [5.74, 6) is 1.06. The van der Waals surface area contributed by atoms with E-state index in [1.54, 1.807) is 48.5 Å². The van der Waals surface area contributed by atoms with Crippen LogP contribution < -0.4 is 14.8 Å². The van der Waals surface area contributed by atoms with Crippen molar-refractivity contribution in [2.75, 3.05) is 19.5 Å². The Kier molecular flexibility index (Phi) is 5.70. The number of halogens is 1. The van der Waals surface area contributed by atoms with Crippen LogP contribution in [0.1, 0.15) is 27.8 Å². The van der Waals surface area contributed by atoms with Gasteiger partial charge in [0.05, 0.1) is 24.9 Å². The van der Waals surface area contributed by atoms with Gasteiger partial charge in [-0.3, -0.25) is 9.59 Å². The fourth-order valence-corrected chi connectivity index (χ4v) is 2.82. The number of rotatable bonds is 6. The van der Waals surface area contributed by atoms with Gasteiger partial charge in [-0.15, -0.1) is 0 Å². The summed E-state index contributed by atoms with van der Waals surface area (Å²) < 4.78 is 16.0. The van der Waals surface area contributed by atoms with E-state index >= 15 is 0 Å². The molecule has 0 bridgehead atoms. The molecule has 144 valence electrons. The molecule has 0 unspecified atom stereocenters. The van der Waals surface area contributed by atoms with Gasteiger partial charge in [0.1, 0.15) is 5.76 Å². The number of nitrogens with one attached hydrogen (secondary N) is 1. The lowest BCUT2D eigenvalue weighted by Crippen LogP contribution is -2.11. The molecule has 3 aromatic rings. The largest absolute Gasteiger partial charge is 0.493 e. The van der Waals surface area contributed by atoms with Crippen LogP contribution in [0.4, 0.5) is 5.69 Å². The smallest absolute Gasteiger partial charge is 0.291 e. The zero-order chi connectivity index (χ0) is 20.3. The maximum absolute atomic E-state index is 12.5.